The molecule has 2 aromatic rings. The van der Waals surface area contributed by atoms with Crippen LogP contribution < -0.4 is 15.6 Å². The smallest absolute Gasteiger partial charge is 0.222 e. The van der Waals surface area contributed by atoms with Crippen LogP contribution in [-0.2, 0) is 11.2 Å². The van der Waals surface area contributed by atoms with E-state index in [0.717, 1.165) is 12.2 Å². The molecular formula is C20H23N5O. The molecule has 2 N–H and O–H groups in total. The standard InChI is InChI=1S/C20H23N5O/c26-14-22-20-23-19(12-15-6-2-1-3-7-15)25(24-20)18-13-17(10-11-21-18)16-8-4-5-9-16/h1-3,6-7,10-11,13-14,16,19H,4-5,8-9,12H2,(H2,22,23,24,26). The normalized spacial score (nSPS) is 19.9. The molecule has 1 fully saturated rings. The highest BCUT2D eigenvalue weighted by molar-refractivity contribution is 5.91. The highest BCUT2D eigenvalue weighted by Gasteiger charge is 2.28. The van der Waals surface area contributed by atoms with Crippen molar-refractivity contribution in [1.29, 1.82) is 0 Å². The largest absolute Gasteiger partial charge is 0.332 e. The van der Waals surface area contributed by atoms with Crippen molar-refractivity contribution >= 4 is 18.2 Å². The lowest BCUT2D eigenvalue weighted by Gasteiger charge is -2.23. The molecule has 4 rings (SSSR count). The molecule has 26 heavy (non-hydrogen) atoms. The average Bonchev–Trinajstić information content (AvgIpc) is 3.33. The molecule has 2 aliphatic rings. The van der Waals surface area contributed by atoms with Gasteiger partial charge in [-0.3, -0.25) is 10.1 Å². The number of carbonyl (C=O) groups excluding carboxylic acids is 1. The summed E-state index contributed by atoms with van der Waals surface area (Å²) in [4.78, 5) is 15.4. The molecule has 1 aromatic heterocycles. The van der Waals surface area contributed by atoms with Gasteiger partial charge in [0.1, 0.15) is 6.17 Å². The predicted molar refractivity (Wildman–Crippen MR) is 102 cm³/mol. The van der Waals surface area contributed by atoms with Crippen LogP contribution in [0.2, 0.25) is 0 Å². The van der Waals surface area contributed by atoms with Gasteiger partial charge in [-0.2, -0.15) is 0 Å². The first-order chi connectivity index (χ1) is 12.8. The summed E-state index contributed by atoms with van der Waals surface area (Å²) in [5.74, 6) is 1.89. The van der Waals surface area contributed by atoms with Crippen LogP contribution >= 0.6 is 0 Å². The minimum Gasteiger partial charge on any atom is -0.332 e. The van der Waals surface area contributed by atoms with Crippen molar-refractivity contribution < 1.29 is 4.79 Å². The van der Waals surface area contributed by atoms with Crippen LogP contribution in [0.4, 0.5) is 5.82 Å². The van der Waals surface area contributed by atoms with E-state index in [-0.39, 0.29) is 6.17 Å². The second-order valence-electron chi connectivity index (χ2n) is 6.83. The topological polar surface area (TPSA) is 69.6 Å². The fraction of sp³-hybridized carbons (Fsp3) is 0.350. The molecule has 0 radical (unpaired) electrons. The van der Waals surface area contributed by atoms with Crippen LogP contribution in [-0.4, -0.2) is 23.5 Å². The van der Waals surface area contributed by atoms with Gasteiger partial charge in [-0.25, -0.2) is 9.99 Å². The van der Waals surface area contributed by atoms with Gasteiger partial charge >= 0.3 is 0 Å². The van der Waals surface area contributed by atoms with Crippen molar-refractivity contribution in [3.8, 4) is 0 Å². The van der Waals surface area contributed by atoms with Crippen molar-refractivity contribution in [3.63, 3.8) is 0 Å². The fourth-order valence-electron chi connectivity index (χ4n) is 3.81. The van der Waals surface area contributed by atoms with Crippen LogP contribution in [0.3, 0.4) is 0 Å². The number of aromatic nitrogens is 1. The Kier molecular flexibility index (Phi) is 4.82. The Morgan fingerprint density at radius 2 is 2.00 bits per heavy atom. The van der Waals surface area contributed by atoms with Crippen LogP contribution in [0.25, 0.3) is 0 Å². The molecule has 0 spiro atoms. The van der Waals surface area contributed by atoms with Gasteiger partial charge in [-0.1, -0.05) is 43.2 Å². The Morgan fingerprint density at radius 3 is 2.77 bits per heavy atom. The quantitative estimate of drug-likeness (QED) is 0.815. The van der Waals surface area contributed by atoms with Gasteiger partial charge in [0.25, 0.3) is 0 Å². The fourth-order valence-corrected chi connectivity index (χ4v) is 3.81. The molecular weight excluding hydrogens is 326 g/mol. The Hall–Kier alpha value is -2.89. The summed E-state index contributed by atoms with van der Waals surface area (Å²) >= 11 is 0. The summed E-state index contributed by atoms with van der Waals surface area (Å²) in [7, 11) is 0. The number of nitrogens with zero attached hydrogens (tertiary/aromatic N) is 3. The molecule has 1 atom stereocenters. The summed E-state index contributed by atoms with van der Waals surface area (Å²) < 4.78 is 0. The van der Waals surface area contributed by atoms with Crippen molar-refractivity contribution in [1.82, 2.24) is 15.6 Å². The van der Waals surface area contributed by atoms with Crippen LogP contribution in [0, 0.1) is 0 Å². The molecule has 6 nitrogen and oxygen atoms in total. The van der Waals surface area contributed by atoms with Crippen molar-refractivity contribution in [3.05, 3.63) is 59.8 Å². The van der Waals surface area contributed by atoms with Gasteiger partial charge in [-0.15, -0.1) is 5.10 Å². The van der Waals surface area contributed by atoms with Crippen molar-refractivity contribution in [2.75, 3.05) is 5.01 Å². The van der Waals surface area contributed by atoms with E-state index in [1.165, 1.54) is 36.8 Å². The zero-order chi connectivity index (χ0) is 17.8. The number of hydrogen-bond acceptors (Lipinski definition) is 5. The zero-order valence-electron chi connectivity index (χ0n) is 14.6. The maximum Gasteiger partial charge on any atom is 0.222 e. The van der Waals surface area contributed by atoms with Gasteiger partial charge in [-0.05, 0) is 42.0 Å². The molecule has 0 saturated heterocycles. The molecule has 1 aliphatic carbocycles. The van der Waals surface area contributed by atoms with E-state index in [1.807, 2.05) is 29.4 Å². The maximum absolute atomic E-state index is 10.8. The van der Waals surface area contributed by atoms with E-state index < -0.39 is 0 Å². The lowest BCUT2D eigenvalue weighted by Crippen LogP contribution is -2.43. The maximum atomic E-state index is 10.8. The summed E-state index contributed by atoms with van der Waals surface area (Å²) in [5, 5.41) is 12.3. The first-order valence-corrected chi connectivity index (χ1v) is 9.18. The Balaban J connectivity index is 1.60. The highest BCUT2D eigenvalue weighted by atomic mass is 16.1. The van der Waals surface area contributed by atoms with E-state index in [0.29, 0.717) is 18.3 Å². The number of carbonyl (C=O) groups is 1. The summed E-state index contributed by atoms with van der Waals surface area (Å²) in [6.45, 7) is 0. The first kappa shape index (κ1) is 16.6. The Bertz CT molecular complexity index is 786. The third-order valence-corrected chi connectivity index (χ3v) is 5.10. The van der Waals surface area contributed by atoms with Crippen molar-refractivity contribution in [2.45, 2.75) is 44.2 Å². The molecule has 1 aromatic carbocycles. The van der Waals surface area contributed by atoms with E-state index in [9.17, 15) is 4.79 Å². The van der Waals surface area contributed by atoms with Gasteiger partial charge in [0.15, 0.2) is 5.82 Å². The number of guanidine groups is 1. The van der Waals surface area contributed by atoms with E-state index in [2.05, 4.69) is 45.0 Å². The lowest BCUT2D eigenvalue weighted by molar-refractivity contribution is -0.108. The number of pyridine rings is 1. The SMILES string of the molecule is O=CNC1=NN(c2cc(C3CCCC3)ccn2)C(Cc2ccccc2)N1. The number of nitrogens with one attached hydrogen (secondary N) is 2. The number of hydrazone groups is 1. The molecule has 1 saturated carbocycles. The monoisotopic (exact) mass is 349 g/mol. The van der Waals surface area contributed by atoms with E-state index in [1.54, 1.807) is 0 Å². The molecule has 1 amide bonds. The predicted octanol–water partition coefficient (Wildman–Crippen LogP) is 2.73. The molecule has 1 unspecified atom stereocenters. The van der Waals surface area contributed by atoms with E-state index >= 15 is 0 Å². The molecule has 0 bridgehead atoms. The Labute approximate surface area is 153 Å². The summed E-state index contributed by atoms with van der Waals surface area (Å²) in [6.07, 6.45) is 8.26. The van der Waals surface area contributed by atoms with Crippen molar-refractivity contribution in [2.24, 2.45) is 5.10 Å². The molecule has 134 valence electrons. The molecule has 6 heteroatoms. The van der Waals surface area contributed by atoms with Gasteiger partial charge < -0.3 is 5.32 Å². The van der Waals surface area contributed by atoms with Gasteiger partial charge in [0.05, 0.1) is 0 Å². The molecule has 1 aliphatic heterocycles. The number of rotatable bonds is 5. The first-order valence-electron chi connectivity index (χ1n) is 9.18. The minimum atomic E-state index is -0.0915. The summed E-state index contributed by atoms with van der Waals surface area (Å²) in [5.41, 5.74) is 2.53. The third-order valence-electron chi connectivity index (χ3n) is 5.10. The number of benzene rings is 1. The molecule has 2 heterocycles. The number of anilines is 1. The second-order valence-corrected chi connectivity index (χ2v) is 6.83. The lowest BCUT2D eigenvalue weighted by atomic mass is 9.99. The summed E-state index contributed by atoms with van der Waals surface area (Å²) in [6, 6.07) is 14.5. The zero-order valence-corrected chi connectivity index (χ0v) is 14.6. The van der Waals surface area contributed by atoms with Crippen LogP contribution in [0.1, 0.15) is 42.7 Å². The average molecular weight is 349 g/mol. The second kappa shape index (κ2) is 7.56. The highest BCUT2D eigenvalue weighted by Crippen LogP contribution is 2.35. The number of hydrogen-bond donors (Lipinski definition) is 2. The van der Waals surface area contributed by atoms with Gasteiger partial charge in [0, 0.05) is 12.6 Å². The Morgan fingerprint density at radius 1 is 1.19 bits per heavy atom. The van der Waals surface area contributed by atoms with E-state index in [4.69, 9.17) is 0 Å². The van der Waals surface area contributed by atoms with Crippen LogP contribution in [0.15, 0.2) is 53.8 Å². The van der Waals surface area contributed by atoms with Crippen LogP contribution in [0.5, 0.6) is 0 Å². The van der Waals surface area contributed by atoms with Gasteiger partial charge in [0.2, 0.25) is 12.4 Å². The third kappa shape index (κ3) is 3.54. The minimum absolute atomic E-state index is 0.0915. The number of amides is 1.